The van der Waals surface area contributed by atoms with Crippen LogP contribution in [-0.2, 0) is 6.42 Å². The second kappa shape index (κ2) is 12.1. The van der Waals surface area contributed by atoms with Gasteiger partial charge in [-0.2, -0.15) is 13.2 Å². The molecular formula is C28H32F4N3OPS. The van der Waals surface area contributed by atoms with Gasteiger partial charge in [-0.3, -0.25) is 0 Å². The van der Waals surface area contributed by atoms with Crippen molar-refractivity contribution in [1.82, 2.24) is 4.90 Å². The monoisotopic (exact) mass is 565 g/mol. The van der Waals surface area contributed by atoms with E-state index in [1.807, 2.05) is 30.1 Å². The molecule has 2 N–H and O–H groups in total. The third-order valence-corrected chi connectivity index (χ3v) is 9.06. The van der Waals surface area contributed by atoms with Crippen molar-refractivity contribution in [2.24, 2.45) is 0 Å². The van der Waals surface area contributed by atoms with Crippen molar-refractivity contribution in [3.8, 4) is 17.6 Å². The smallest absolute Gasteiger partial charge is 0.393 e. The Morgan fingerprint density at radius 1 is 1.18 bits per heavy atom. The van der Waals surface area contributed by atoms with Crippen molar-refractivity contribution in [3.63, 3.8) is 0 Å². The molecule has 1 fully saturated rings. The number of thiophene rings is 1. The first-order valence-electron chi connectivity index (χ1n) is 12.3. The number of rotatable bonds is 7. The van der Waals surface area contributed by atoms with Crippen LogP contribution < -0.4 is 20.7 Å². The Morgan fingerprint density at radius 2 is 1.97 bits per heavy atom. The molecule has 0 saturated carbocycles. The Balaban J connectivity index is 1.60. The van der Waals surface area contributed by atoms with Gasteiger partial charge in [-0.15, -0.1) is 11.3 Å². The minimum absolute atomic E-state index is 0.162. The number of likely N-dealkylation sites (tertiary alicyclic amines) is 1. The quantitative estimate of drug-likeness (QED) is 0.200. The second-order valence-electron chi connectivity index (χ2n) is 9.64. The fraction of sp³-hybridized carbons (Fsp3) is 0.429. The maximum absolute atomic E-state index is 14.7. The van der Waals surface area contributed by atoms with Crippen molar-refractivity contribution in [3.05, 3.63) is 46.8 Å². The first-order chi connectivity index (χ1) is 18.1. The number of nitrogens with one attached hydrogen (secondary N) is 2. The number of ether oxygens (including phenoxy) is 1. The van der Waals surface area contributed by atoms with Gasteiger partial charge in [-0.05, 0) is 61.3 Å². The molecule has 4 nitrogen and oxygen atoms in total. The number of benzene rings is 2. The molecule has 4 rings (SSSR count). The van der Waals surface area contributed by atoms with Gasteiger partial charge in [-0.25, -0.2) is 4.39 Å². The number of anilines is 2. The summed E-state index contributed by atoms with van der Waals surface area (Å²) < 4.78 is 61.4. The average molecular weight is 566 g/mol. The molecule has 0 bridgehead atoms. The third kappa shape index (κ3) is 6.91. The van der Waals surface area contributed by atoms with Crippen molar-refractivity contribution < 1.29 is 22.3 Å². The van der Waals surface area contributed by atoms with Crippen LogP contribution in [0, 0.1) is 11.8 Å². The van der Waals surface area contributed by atoms with Crippen molar-refractivity contribution in [2.75, 3.05) is 57.8 Å². The third-order valence-electron chi connectivity index (χ3n) is 6.55. The molecule has 0 aliphatic carbocycles. The summed E-state index contributed by atoms with van der Waals surface area (Å²) >= 11 is 1.22. The Bertz CT molecular complexity index is 1330. The fourth-order valence-electron chi connectivity index (χ4n) is 4.55. The standard InChI is InChI=1S/C28H32F4N3OPS/c1-35-14-12-22(21(29)17-35)34-24-8-5-7-19-20(16-28(30,31)32)26(38-27(19)24)9-6-13-33-23-11-10-18(37(3)4)15-25(23)36-2/h5,7-8,10-11,15,21-22,33-34H,12-14,16-17H2,1-4H3/t21-,22+/m0/s1. The second-order valence-corrected chi connectivity index (χ2v) is 13.0. The number of alkyl halides is 4. The molecule has 1 aliphatic rings. The molecule has 0 radical (unpaired) electrons. The molecule has 204 valence electrons. The Labute approximate surface area is 226 Å². The molecule has 10 heteroatoms. The van der Waals surface area contributed by atoms with E-state index < -0.39 is 18.8 Å². The van der Waals surface area contributed by atoms with E-state index in [0.717, 1.165) is 12.2 Å². The molecule has 2 aromatic carbocycles. The number of nitrogens with zero attached hydrogens (tertiary/aromatic N) is 1. The average Bonchev–Trinajstić information content (AvgIpc) is 3.20. The number of piperidine rings is 1. The van der Waals surface area contributed by atoms with Gasteiger partial charge in [0.05, 0.1) is 47.1 Å². The fourth-order valence-corrected chi connectivity index (χ4v) is 6.47. The van der Waals surface area contributed by atoms with Gasteiger partial charge in [0.2, 0.25) is 0 Å². The Morgan fingerprint density at radius 3 is 2.66 bits per heavy atom. The van der Waals surface area contributed by atoms with Crippen LogP contribution >= 0.6 is 19.3 Å². The Kier molecular flexibility index (Phi) is 9.07. The zero-order valence-corrected chi connectivity index (χ0v) is 23.6. The van der Waals surface area contributed by atoms with Crippen LogP contribution in [0.2, 0.25) is 0 Å². The molecule has 1 aromatic heterocycles. The van der Waals surface area contributed by atoms with Crippen molar-refractivity contribution in [2.45, 2.75) is 31.2 Å². The molecular weight excluding hydrogens is 533 g/mol. The molecule has 0 spiro atoms. The largest absolute Gasteiger partial charge is 0.495 e. The van der Waals surface area contributed by atoms with Gasteiger partial charge >= 0.3 is 6.18 Å². The number of hydrogen-bond donors (Lipinski definition) is 2. The molecule has 1 aliphatic heterocycles. The summed E-state index contributed by atoms with van der Waals surface area (Å²) in [6, 6.07) is 10.8. The van der Waals surface area contributed by atoms with E-state index in [9.17, 15) is 17.6 Å². The van der Waals surface area contributed by atoms with Crippen LogP contribution in [0.4, 0.5) is 28.9 Å². The molecule has 1 saturated heterocycles. The van der Waals surface area contributed by atoms with E-state index in [2.05, 4.69) is 35.8 Å². The van der Waals surface area contributed by atoms with E-state index in [4.69, 9.17) is 4.74 Å². The highest BCUT2D eigenvalue weighted by Crippen LogP contribution is 2.39. The van der Waals surface area contributed by atoms with Crippen molar-refractivity contribution in [1.29, 1.82) is 0 Å². The summed E-state index contributed by atoms with van der Waals surface area (Å²) in [5, 5.41) is 8.19. The summed E-state index contributed by atoms with van der Waals surface area (Å²) in [6.07, 6.45) is -5.88. The first-order valence-corrected chi connectivity index (χ1v) is 15.4. The van der Waals surface area contributed by atoms with Crippen LogP contribution in [0.25, 0.3) is 10.1 Å². The zero-order chi connectivity index (χ0) is 27.4. The lowest BCUT2D eigenvalue weighted by Gasteiger charge is -2.33. The lowest BCUT2D eigenvalue weighted by molar-refractivity contribution is -0.126. The van der Waals surface area contributed by atoms with Gasteiger partial charge < -0.3 is 20.3 Å². The van der Waals surface area contributed by atoms with Crippen molar-refractivity contribution >= 4 is 46.0 Å². The molecule has 0 amide bonds. The molecule has 0 unspecified atom stereocenters. The SMILES string of the molecule is COc1cc(P(C)C)ccc1NCC#Cc1sc2c(N[C@@H]3CCN(C)C[C@@H]3F)cccc2c1CC(F)(F)F. The summed E-state index contributed by atoms with van der Waals surface area (Å²) in [4.78, 5) is 2.31. The highest BCUT2D eigenvalue weighted by molar-refractivity contribution is 7.64. The molecule has 2 heterocycles. The van der Waals surface area contributed by atoms with Crippen LogP contribution in [0.3, 0.4) is 0 Å². The van der Waals surface area contributed by atoms with Gasteiger partial charge in [0.25, 0.3) is 0 Å². The van der Waals surface area contributed by atoms with E-state index in [-0.39, 0.29) is 26.1 Å². The minimum atomic E-state index is -4.38. The maximum atomic E-state index is 14.7. The predicted octanol–water partition coefficient (Wildman–Crippen LogP) is 6.30. The first kappa shape index (κ1) is 28.5. The van der Waals surface area contributed by atoms with Gasteiger partial charge in [0.15, 0.2) is 0 Å². The zero-order valence-electron chi connectivity index (χ0n) is 21.9. The lowest BCUT2D eigenvalue weighted by Crippen LogP contribution is -2.46. The van der Waals surface area contributed by atoms with E-state index in [1.54, 1.807) is 25.3 Å². The van der Waals surface area contributed by atoms with E-state index in [0.29, 0.717) is 39.4 Å². The van der Waals surface area contributed by atoms with E-state index in [1.165, 1.54) is 16.6 Å². The maximum Gasteiger partial charge on any atom is 0.393 e. The topological polar surface area (TPSA) is 36.5 Å². The van der Waals surface area contributed by atoms with E-state index >= 15 is 0 Å². The normalized spacial score (nSPS) is 18.3. The summed E-state index contributed by atoms with van der Waals surface area (Å²) in [5.41, 5.74) is 1.59. The van der Waals surface area contributed by atoms with Crippen LogP contribution in [0.1, 0.15) is 16.9 Å². The van der Waals surface area contributed by atoms with Gasteiger partial charge in [-0.1, -0.05) is 38.0 Å². The molecule has 38 heavy (non-hydrogen) atoms. The highest BCUT2D eigenvalue weighted by Gasteiger charge is 2.32. The summed E-state index contributed by atoms with van der Waals surface area (Å²) in [6.45, 7) is 5.65. The molecule has 3 aromatic rings. The number of halogens is 4. The van der Waals surface area contributed by atoms with Crippen LogP contribution in [-0.4, -0.2) is 70.4 Å². The predicted molar refractivity (Wildman–Crippen MR) is 153 cm³/mol. The summed E-state index contributed by atoms with van der Waals surface area (Å²) in [7, 11) is 3.21. The summed E-state index contributed by atoms with van der Waals surface area (Å²) in [5.74, 6) is 6.66. The lowest BCUT2D eigenvalue weighted by atomic mass is 10.0. The van der Waals surface area contributed by atoms with Crippen LogP contribution in [0.15, 0.2) is 36.4 Å². The van der Waals surface area contributed by atoms with Gasteiger partial charge in [0.1, 0.15) is 11.9 Å². The Hall–Kier alpha value is -2.53. The van der Waals surface area contributed by atoms with Crippen LogP contribution in [0.5, 0.6) is 5.75 Å². The number of methoxy groups -OCH3 is 1. The highest BCUT2D eigenvalue weighted by atomic mass is 32.1. The molecule has 2 atom stereocenters. The number of fused-ring (bicyclic) bond motifs is 1. The minimum Gasteiger partial charge on any atom is -0.495 e. The van der Waals surface area contributed by atoms with Gasteiger partial charge in [0, 0.05) is 13.1 Å². The number of hydrogen-bond acceptors (Lipinski definition) is 5.